The molecule has 1 aromatic rings. The lowest BCUT2D eigenvalue weighted by molar-refractivity contribution is -0.212. The molecule has 0 heterocycles. The van der Waals surface area contributed by atoms with Crippen LogP contribution < -0.4 is 5.11 Å². The second-order valence-electron chi connectivity index (χ2n) is 3.86. The first-order valence-corrected chi connectivity index (χ1v) is 11.7. The van der Waals surface area contributed by atoms with E-state index in [-0.39, 0.29) is 17.7 Å². The predicted octanol–water partition coefficient (Wildman–Crippen LogP) is 2.35. The number of esters is 1. The van der Waals surface area contributed by atoms with E-state index in [4.69, 9.17) is 4.74 Å². The molecule has 0 radical (unpaired) electrons. The summed E-state index contributed by atoms with van der Waals surface area (Å²) in [6.45, 7) is 1.79. The first-order chi connectivity index (χ1) is 10.0. The number of hydrogen-bond acceptors (Lipinski definition) is 5. The Balaban J connectivity index is 3.82. The van der Waals surface area contributed by atoms with Crippen molar-refractivity contribution in [1.29, 1.82) is 0 Å². The summed E-state index contributed by atoms with van der Waals surface area (Å²) in [4.78, 5) is 12.2. The van der Waals surface area contributed by atoms with E-state index in [1.54, 1.807) is 6.92 Å². The molecule has 0 aromatic heterocycles. The molecule has 1 aromatic carbocycles. The summed E-state index contributed by atoms with van der Waals surface area (Å²) in [5, 5.41) is 12.3. The molecule has 0 aliphatic carbocycles. The van der Waals surface area contributed by atoms with Crippen molar-refractivity contribution in [1.82, 2.24) is 0 Å². The summed E-state index contributed by atoms with van der Waals surface area (Å²) in [6, 6.07) is 0. The van der Waals surface area contributed by atoms with Crippen LogP contribution in [0.15, 0.2) is 4.40 Å². The van der Waals surface area contributed by atoms with E-state index >= 15 is 0 Å². The summed E-state index contributed by atoms with van der Waals surface area (Å²) in [5.74, 6) is -1.65. The van der Waals surface area contributed by atoms with E-state index < -0.39 is 21.9 Å². The van der Waals surface area contributed by atoms with E-state index in [0.29, 0.717) is 7.14 Å². The molecule has 1 rings (SSSR count). The lowest BCUT2D eigenvalue weighted by Gasteiger charge is -2.20. The lowest BCUT2D eigenvalue weighted by atomic mass is 10.1. The lowest BCUT2D eigenvalue weighted by Crippen LogP contribution is -2.27. The van der Waals surface area contributed by atoms with E-state index in [1.165, 1.54) is 0 Å². The van der Waals surface area contributed by atoms with Gasteiger partial charge in [0.15, 0.2) is 0 Å². The highest BCUT2D eigenvalue weighted by Gasteiger charge is 2.25. The number of nitrogens with zero attached hydrogens (tertiary/aromatic N) is 1. The number of rotatable bonds is 4. The van der Waals surface area contributed by atoms with Gasteiger partial charge in [0.25, 0.3) is 0 Å². The molecule has 0 atom stereocenters. The third-order valence-corrected chi connectivity index (χ3v) is 10.1. The van der Waals surface area contributed by atoms with Gasteiger partial charge in [-0.05, 0) is 97.3 Å². The Labute approximate surface area is 182 Å². The molecule has 0 amide bonds. The number of ether oxygens (including phenoxy) is 1. The zero-order chi connectivity index (χ0) is 17.2. The van der Waals surface area contributed by atoms with Gasteiger partial charge >= 0.3 is 5.97 Å². The molecule has 0 spiro atoms. The fraction of sp³-hybridized carbons (Fsp3) is 0.273. The van der Waals surface area contributed by atoms with Crippen molar-refractivity contribution in [3.05, 3.63) is 25.4 Å². The molecule has 0 saturated heterocycles. The Bertz CT molecular complexity index is 760. The zero-order valence-electron chi connectivity index (χ0n) is 11.1. The van der Waals surface area contributed by atoms with Crippen molar-refractivity contribution in [3.63, 3.8) is 0 Å². The molecule has 0 aliphatic heterocycles. The number of carbonyl (C=O) groups excluding carboxylic acids is 1. The first kappa shape index (κ1) is 21.1. The standard InChI is InChI=1S/C11H9I4NO5S/c1-3-21-11(18)5-4(10(17)16-22(2,19)20)6(12)8(14)9(15)7(5)13/h3H2,1-2H3,(H,16,17)/p-1. The van der Waals surface area contributed by atoms with Gasteiger partial charge in [-0.15, -0.1) is 0 Å². The second kappa shape index (κ2) is 8.41. The minimum Gasteiger partial charge on any atom is -0.858 e. The van der Waals surface area contributed by atoms with Crippen LogP contribution in [-0.4, -0.2) is 33.1 Å². The second-order valence-corrected chi connectivity index (χ2v) is 9.82. The monoisotopic (exact) mass is 774 g/mol. The number of hydrogen-bond donors (Lipinski definition) is 0. The highest BCUT2D eigenvalue weighted by molar-refractivity contribution is 14.1. The van der Waals surface area contributed by atoms with Crippen LogP contribution in [0.4, 0.5) is 0 Å². The summed E-state index contributed by atoms with van der Waals surface area (Å²) in [5.41, 5.74) is 0.00718. The van der Waals surface area contributed by atoms with Crippen molar-refractivity contribution in [2.24, 2.45) is 4.40 Å². The van der Waals surface area contributed by atoms with Gasteiger partial charge in [-0.1, -0.05) is 0 Å². The normalized spacial score (nSPS) is 12.4. The van der Waals surface area contributed by atoms with Gasteiger partial charge in [-0.2, -0.15) is 4.40 Å². The van der Waals surface area contributed by atoms with Crippen LogP contribution in [0.2, 0.25) is 0 Å². The largest absolute Gasteiger partial charge is 0.858 e. The Morgan fingerprint density at radius 2 is 1.55 bits per heavy atom. The quantitative estimate of drug-likeness (QED) is 0.117. The molecule has 0 aliphatic rings. The number of benzene rings is 1. The molecule has 6 nitrogen and oxygen atoms in total. The summed E-state index contributed by atoms with van der Waals surface area (Å²) in [7, 11) is -3.87. The van der Waals surface area contributed by atoms with Crippen molar-refractivity contribution in [3.8, 4) is 0 Å². The maximum Gasteiger partial charge on any atom is 0.339 e. The highest BCUT2D eigenvalue weighted by Crippen LogP contribution is 2.33. The van der Waals surface area contributed by atoms with Crippen LogP contribution >= 0.6 is 90.4 Å². The molecule has 11 heteroatoms. The molecule has 0 unspecified atom stereocenters. The van der Waals surface area contributed by atoms with Crippen LogP contribution in [0.3, 0.4) is 0 Å². The Hall–Kier alpha value is 1.03. The summed E-state index contributed by atoms with van der Waals surface area (Å²) in [6.07, 6.45) is 0.824. The van der Waals surface area contributed by atoms with E-state index in [9.17, 15) is 18.3 Å². The van der Waals surface area contributed by atoms with Crippen molar-refractivity contribution >= 4 is 112 Å². The molecular formula is C11H8I4NO5S-. The first-order valence-electron chi connectivity index (χ1n) is 5.51. The van der Waals surface area contributed by atoms with Gasteiger partial charge in [-0.3, -0.25) is 0 Å². The Morgan fingerprint density at radius 1 is 1.09 bits per heavy atom. The number of halogens is 4. The number of carbonyl (C=O) groups is 1. The van der Waals surface area contributed by atoms with Gasteiger partial charge in [0.05, 0.1) is 18.4 Å². The molecule has 22 heavy (non-hydrogen) atoms. The third kappa shape index (κ3) is 5.01. The minimum atomic E-state index is -3.87. The Kier molecular flexibility index (Phi) is 8.06. The molecule has 122 valence electrons. The predicted molar refractivity (Wildman–Crippen MR) is 115 cm³/mol. The Morgan fingerprint density at radius 3 is 1.95 bits per heavy atom. The van der Waals surface area contributed by atoms with E-state index in [2.05, 4.69) is 27.0 Å². The van der Waals surface area contributed by atoms with Gasteiger partial charge in [0.1, 0.15) is 0 Å². The smallest absolute Gasteiger partial charge is 0.339 e. The zero-order valence-corrected chi connectivity index (χ0v) is 20.6. The fourth-order valence-corrected chi connectivity index (χ4v) is 5.46. The summed E-state index contributed by atoms with van der Waals surface area (Å²) >= 11 is 7.94. The van der Waals surface area contributed by atoms with Crippen LogP contribution in [0.1, 0.15) is 22.8 Å². The van der Waals surface area contributed by atoms with Gasteiger partial charge in [-0.25, -0.2) is 13.2 Å². The molecular weight excluding hydrogens is 766 g/mol. The average molecular weight is 774 g/mol. The highest BCUT2D eigenvalue weighted by atomic mass is 127. The van der Waals surface area contributed by atoms with Gasteiger partial charge in [0, 0.05) is 25.7 Å². The van der Waals surface area contributed by atoms with E-state index in [0.717, 1.165) is 13.4 Å². The SMILES string of the molecule is CCOC(=O)c1c(I)c(I)c(I)c(I)c1/C([O-])=N/S(C)(=O)=O. The van der Waals surface area contributed by atoms with Crippen molar-refractivity contribution in [2.75, 3.05) is 12.9 Å². The van der Waals surface area contributed by atoms with Gasteiger partial charge in [0.2, 0.25) is 10.0 Å². The van der Waals surface area contributed by atoms with Crippen LogP contribution in [-0.2, 0) is 14.8 Å². The maximum atomic E-state index is 12.3. The maximum absolute atomic E-state index is 12.3. The molecule has 0 fully saturated rings. The van der Waals surface area contributed by atoms with Gasteiger partial charge < -0.3 is 9.84 Å². The van der Waals surface area contributed by atoms with Crippen LogP contribution in [0.25, 0.3) is 0 Å². The minimum absolute atomic E-state index is 0.0429. The van der Waals surface area contributed by atoms with Crippen LogP contribution in [0, 0.1) is 14.3 Å². The molecule has 0 N–H and O–H groups in total. The molecule has 0 saturated carbocycles. The number of sulfonamides is 1. The molecule has 0 bridgehead atoms. The fourth-order valence-electron chi connectivity index (χ4n) is 1.42. The van der Waals surface area contributed by atoms with E-state index in [1.807, 2.05) is 67.8 Å². The topological polar surface area (TPSA) is 95.9 Å². The summed E-state index contributed by atoms with van der Waals surface area (Å²) < 4.78 is 33.2. The van der Waals surface area contributed by atoms with Crippen LogP contribution in [0.5, 0.6) is 0 Å². The third-order valence-electron chi connectivity index (χ3n) is 2.21. The van der Waals surface area contributed by atoms with Crippen molar-refractivity contribution in [2.45, 2.75) is 6.92 Å². The van der Waals surface area contributed by atoms with Crippen molar-refractivity contribution < 1.29 is 23.1 Å². The average Bonchev–Trinajstić information content (AvgIpc) is 2.38.